The number of benzene rings is 1. The van der Waals surface area contributed by atoms with Gasteiger partial charge in [0.1, 0.15) is 5.52 Å². The summed E-state index contributed by atoms with van der Waals surface area (Å²) in [6, 6.07) is 13.9. The van der Waals surface area contributed by atoms with E-state index in [1.807, 2.05) is 51.7 Å². The number of aromatic nitrogens is 3. The first-order valence-corrected chi connectivity index (χ1v) is 8.06. The number of hydrogen-bond acceptors (Lipinski definition) is 4. The van der Waals surface area contributed by atoms with Crippen LogP contribution in [0.4, 0.5) is 5.95 Å². The number of carbonyl (C=O) groups excluding carboxylic acids is 1. The van der Waals surface area contributed by atoms with Crippen LogP contribution in [0.1, 0.15) is 5.56 Å². The third-order valence-electron chi connectivity index (χ3n) is 4.42. The topological polar surface area (TPSA) is 54.3 Å². The number of rotatable bonds is 3. The van der Waals surface area contributed by atoms with E-state index < -0.39 is 0 Å². The van der Waals surface area contributed by atoms with Crippen molar-refractivity contribution in [3.8, 4) is 0 Å². The maximum atomic E-state index is 12.5. The largest absolute Gasteiger partial charge is 0.335 e. The number of carbonyl (C=O) groups is 1. The van der Waals surface area contributed by atoms with Gasteiger partial charge < -0.3 is 9.80 Å². The quantitative estimate of drug-likeness (QED) is 0.738. The minimum atomic E-state index is 0.130. The van der Waals surface area contributed by atoms with Gasteiger partial charge in [-0.3, -0.25) is 9.36 Å². The Balaban J connectivity index is 1.52. The van der Waals surface area contributed by atoms with Crippen LogP contribution in [0, 0.1) is 0 Å². The van der Waals surface area contributed by atoms with Gasteiger partial charge in [-0.1, -0.05) is 30.3 Å². The Labute approximate surface area is 140 Å². The van der Waals surface area contributed by atoms with E-state index in [1.165, 1.54) is 0 Å². The number of nitrogens with zero attached hydrogens (tertiary/aromatic N) is 5. The molecule has 1 aromatic carbocycles. The lowest BCUT2D eigenvalue weighted by molar-refractivity contribution is -0.131. The van der Waals surface area contributed by atoms with Gasteiger partial charge in [0.15, 0.2) is 5.65 Å². The summed E-state index contributed by atoms with van der Waals surface area (Å²) < 4.78 is 1.95. The average molecular weight is 321 g/mol. The fourth-order valence-corrected chi connectivity index (χ4v) is 3.14. The Kier molecular flexibility index (Phi) is 3.65. The third kappa shape index (κ3) is 2.60. The van der Waals surface area contributed by atoms with Crippen molar-refractivity contribution in [1.29, 1.82) is 0 Å². The molecule has 1 saturated heterocycles. The highest BCUT2D eigenvalue weighted by Crippen LogP contribution is 2.21. The molecule has 6 nitrogen and oxygen atoms in total. The SMILES string of the molecule is Cn1c(N2CCN(Cc3ccccc3)C(=O)C2)nc2cccnc21. The standard InChI is InChI=1S/C18H19N5O/c1-21-17-15(8-5-9-19-17)20-18(21)23-11-10-22(16(24)13-23)12-14-6-3-2-4-7-14/h2-9H,10-13H2,1H3. The van der Waals surface area contributed by atoms with Gasteiger partial charge in [0.05, 0.1) is 6.54 Å². The molecule has 0 atom stereocenters. The Morgan fingerprint density at radius 1 is 1.08 bits per heavy atom. The lowest BCUT2D eigenvalue weighted by Gasteiger charge is -2.34. The summed E-state index contributed by atoms with van der Waals surface area (Å²) in [5.74, 6) is 0.932. The second kappa shape index (κ2) is 5.96. The molecule has 3 heterocycles. The van der Waals surface area contributed by atoms with Crippen LogP contribution in [0.3, 0.4) is 0 Å². The molecule has 4 rings (SSSR count). The number of imidazole rings is 1. The predicted octanol–water partition coefficient (Wildman–Crippen LogP) is 1.82. The van der Waals surface area contributed by atoms with Crippen molar-refractivity contribution in [2.45, 2.75) is 6.54 Å². The van der Waals surface area contributed by atoms with Crippen molar-refractivity contribution in [2.24, 2.45) is 7.05 Å². The molecule has 0 N–H and O–H groups in total. The Morgan fingerprint density at radius 3 is 2.67 bits per heavy atom. The van der Waals surface area contributed by atoms with Crippen molar-refractivity contribution in [1.82, 2.24) is 19.4 Å². The summed E-state index contributed by atoms with van der Waals surface area (Å²) in [5, 5.41) is 0. The Bertz CT molecular complexity index is 874. The van der Waals surface area contributed by atoms with Gasteiger partial charge >= 0.3 is 0 Å². The highest BCUT2D eigenvalue weighted by atomic mass is 16.2. The molecule has 0 saturated carbocycles. The van der Waals surface area contributed by atoms with Gasteiger partial charge in [0.25, 0.3) is 0 Å². The number of piperazine rings is 1. The highest BCUT2D eigenvalue weighted by molar-refractivity contribution is 5.83. The normalized spacial score (nSPS) is 15.3. The van der Waals surface area contributed by atoms with Crippen LogP contribution in [0.5, 0.6) is 0 Å². The molecule has 1 aliphatic heterocycles. The zero-order valence-electron chi connectivity index (χ0n) is 13.6. The fourth-order valence-electron chi connectivity index (χ4n) is 3.14. The van der Waals surface area contributed by atoms with Crippen LogP contribution in [-0.2, 0) is 18.4 Å². The van der Waals surface area contributed by atoms with E-state index >= 15 is 0 Å². The molecule has 1 fully saturated rings. The predicted molar refractivity (Wildman–Crippen MR) is 92.6 cm³/mol. The van der Waals surface area contributed by atoms with Gasteiger partial charge in [0, 0.05) is 32.9 Å². The highest BCUT2D eigenvalue weighted by Gasteiger charge is 2.27. The van der Waals surface area contributed by atoms with Crippen LogP contribution in [0.2, 0.25) is 0 Å². The van der Waals surface area contributed by atoms with E-state index in [-0.39, 0.29) is 5.91 Å². The number of hydrogen-bond donors (Lipinski definition) is 0. The Morgan fingerprint density at radius 2 is 1.92 bits per heavy atom. The zero-order valence-corrected chi connectivity index (χ0v) is 13.6. The number of amides is 1. The number of aryl methyl sites for hydroxylation is 1. The van der Waals surface area contributed by atoms with Gasteiger partial charge in [0.2, 0.25) is 11.9 Å². The molecule has 1 aliphatic rings. The van der Waals surface area contributed by atoms with Crippen LogP contribution < -0.4 is 4.90 Å². The van der Waals surface area contributed by atoms with E-state index in [2.05, 4.69) is 22.1 Å². The van der Waals surface area contributed by atoms with Gasteiger partial charge in [-0.05, 0) is 17.7 Å². The van der Waals surface area contributed by atoms with E-state index in [0.29, 0.717) is 19.6 Å². The molecule has 1 amide bonds. The van der Waals surface area contributed by atoms with E-state index in [1.54, 1.807) is 6.20 Å². The summed E-state index contributed by atoms with van der Waals surface area (Å²) in [7, 11) is 1.94. The smallest absolute Gasteiger partial charge is 0.242 e. The third-order valence-corrected chi connectivity index (χ3v) is 4.42. The first-order valence-electron chi connectivity index (χ1n) is 8.06. The van der Waals surface area contributed by atoms with E-state index in [4.69, 9.17) is 0 Å². The molecule has 0 radical (unpaired) electrons. The maximum absolute atomic E-state index is 12.5. The summed E-state index contributed by atoms with van der Waals surface area (Å²) in [6.07, 6.45) is 1.76. The van der Waals surface area contributed by atoms with Crippen molar-refractivity contribution >= 4 is 23.0 Å². The fraction of sp³-hybridized carbons (Fsp3) is 0.278. The minimum absolute atomic E-state index is 0.130. The molecule has 0 spiro atoms. The number of pyridine rings is 1. The van der Waals surface area contributed by atoms with Gasteiger partial charge in [-0.2, -0.15) is 0 Å². The van der Waals surface area contributed by atoms with Crippen molar-refractivity contribution < 1.29 is 4.79 Å². The van der Waals surface area contributed by atoms with Crippen LogP contribution in [-0.4, -0.2) is 45.0 Å². The molecule has 0 aliphatic carbocycles. The second-order valence-corrected chi connectivity index (χ2v) is 6.04. The number of anilines is 1. The Hall–Kier alpha value is -2.89. The maximum Gasteiger partial charge on any atom is 0.242 e. The molecule has 6 heteroatoms. The van der Waals surface area contributed by atoms with E-state index in [0.717, 1.165) is 29.2 Å². The van der Waals surface area contributed by atoms with Gasteiger partial charge in [-0.15, -0.1) is 0 Å². The van der Waals surface area contributed by atoms with Crippen LogP contribution in [0.25, 0.3) is 11.2 Å². The minimum Gasteiger partial charge on any atom is -0.335 e. The van der Waals surface area contributed by atoms with Crippen LogP contribution in [0.15, 0.2) is 48.7 Å². The van der Waals surface area contributed by atoms with Crippen LogP contribution >= 0.6 is 0 Å². The average Bonchev–Trinajstić information content (AvgIpc) is 2.95. The summed E-state index contributed by atoms with van der Waals surface area (Å²) in [6.45, 7) is 2.49. The lowest BCUT2D eigenvalue weighted by atomic mass is 10.2. The molecule has 24 heavy (non-hydrogen) atoms. The summed E-state index contributed by atoms with van der Waals surface area (Å²) >= 11 is 0. The molecule has 3 aromatic rings. The molecular formula is C18H19N5O. The number of fused-ring (bicyclic) bond motifs is 1. The van der Waals surface area contributed by atoms with Crippen molar-refractivity contribution in [2.75, 3.05) is 24.5 Å². The summed E-state index contributed by atoms with van der Waals surface area (Å²) in [4.78, 5) is 25.5. The van der Waals surface area contributed by atoms with Crippen molar-refractivity contribution in [3.05, 3.63) is 54.2 Å². The molecular weight excluding hydrogens is 302 g/mol. The first-order chi connectivity index (χ1) is 11.7. The molecule has 0 unspecified atom stereocenters. The monoisotopic (exact) mass is 321 g/mol. The molecule has 0 bridgehead atoms. The molecule has 2 aromatic heterocycles. The first kappa shape index (κ1) is 14.7. The molecule has 122 valence electrons. The van der Waals surface area contributed by atoms with Crippen molar-refractivity contribution in [3.63, 3.8) is 0 Å². The second-order valence-electron chi connectivity index (χ2n) is 6.04. The lowest BCUT2D eigenvalue weighted by Crippen LogP contribution is -2.50. The van der Waals surface area contributed by atoms with E-state index in [9.17, 15) is 4.79 Å². The zero-order chi connectivity index (χ0) is 16.5. The van der Waals surface area contributed by atoms with Gasteiger partial charge in [-0.25, -0.2) is 9.97 Å². The summed E-state index contributed by atoms with van der Waals surface area (Å²) in [5.41, 5.74) is 2.85.